The van der Waals surface area contributed by atoms with Crippen molar-refractivity contribution in [2.75, 3.05) is 34.3 Å². The van der Waals surface area contributed by atoms with E-state index in [0.717, 1.165) is 5.56 Å². The number of rotatable bonds is 13. The Morgan fingerprint density at radius 1 is 1.00 bits per heavy atom. The van der Waals surface area contributed by atoms with Gasteiger partial charge in [0.05, 0.1) is 25.0 Å². The second kappa shape index (κ2) is 12.8. The van der Waals surface area contributed by atoms with Crippen LogP contribution in [-0.2, 0) is 29.3 Å². The normalized spacial score (nSPS) is 12.0. The molecule has 0 atom stereocenters. The fourth-order valence-electron chi connectivity index (χ4n) is 3.14. The summed E-state index contributed by atoms with van der Waals surface area (Å²) >= 11 is 0. The van der Waals surface area contributed by atoms with Gasteiger partial charge in [0.2, 0.25) is 16.0 Å². The Morgan fingerprint density at radius 2 is 1.71 bits per heavy atom. The molecule has 1 aromatic carbocycles. The van der Waals surface area contributed by atoms with Gasteiger partial charge in [0.1, 0.15) is 17.2 Å². The Bertz CT molecular complexity index is 1310. The lowest BCUT2D eigenvalue weighted by molar-refractivity contribution is -0.137. The van der Waals surface area contributed by atoms with Crippen molar-refractivity contribution < 1.29 is 31.8 Å². The summed E-state index contributed by atoms with van der Waals surface area (Å²) in [6.07, 6.45) is -2.72. The minimum Gasteiger partial charge on any atom is -0.395 e. The number of aliphatic hydroxyl groups is 2. The molecule has 0 unspecified atom stereocenters. The van der Waals surface area contributed by atoms with Crippen LogP contribution in [0, 0.1) is 0 Å². The van der Waals surface area contributed by atoms with Gasteiger partial charge in [-0.15, -0.1) is 0 Å². The predicted octanol–water partition coefficient (Wildman–Crippen LogP) is 2.45. The first-order valence-electron chi connectivity index (χ1n) is 11.5. The monoisotopic (exact) mass is 555 g/mol. The molecular formula is C23H28F3N7O4S. The third-order valence-corrected chi connectivity index (χ3v) is 6.57. The highest BCUT2D eigenvalue weighted by Crippen LogP contribution is 2.34. The fourth-order valence-corrected chi connectivity index (χ4v) is 3.76. The molecule has 38 heavy (non-hydrogen) atoms. The number of anilines is 4. The fraction of sp³-hybridized carbons (Fsp3) is 0.348. The van der Waals surface area contributed by atoms with E-state index in [2.05, 4.69) is 35.6 Å². The molecule has 3 aromatic rings. The van der Waals surface area contributed by atoms with Crippen LogP contribution < -0.4 is 20.7 Å². The van der Waals surface area contributed by atoms with E-state index in [4.69, 9.17) is 10.2 Å². The number of halogens is 3. The van der Waals surface area contributed by atoms with E-state index in [9.17, 15) is 21.6 Å². The van der Waals surface area contributed by atoms with Crippen molar-refractivity contribution in [2.45, 2.75) is 32.2 Å². The van der Waals surface area contributed by atoms with Crippen molar-refractivity contribution in [1.82, 2.24) is 20.3 Å². The minimum atomic E-state index is -4.74. The van der Waals surface area contributed by atoms with E-state index in [-0.39, 0.29) is 37.3 Å². The Balaban J connectivity index is 1.77. The molecule has 0 aliphatic carbocycles. The van der Waals surface area contributed by atoms with E-state index in [1.807, 2.05) is 0 Å². The van der Waals surface area contributed by atoms with E-state index < -0.39 is 33.6 Å². The van der Waals surface area contributed by atoms with E-state index in [0.29, 0.717) is 24.0 Å². The molecule has 0 aliphatic rings. The van der Waals surface area contributed by atoms with Gasteiger partial charge in [-0.3, -0.25) is 4.72 Å². The molecule has 0 saturated carbocycles. The predicted molar refractivity (Wildman–Crippen MR) is 136 cm³/mol. The molecule has 6 N–H and O–H groups in total. The van der Waals surface area contributed by atoms with E-state index in [1.54, 1.807) is 24.3 Å². The Labute approximate surface area is 217 Å². The average molecular weight is 556 g/mol. The maximum atomic E-state index is 13.6. The first-order valence-corrected chi connectivity index (χ1v) is 13.1. The molecule has 11 nitrogen and oxygen atoms in total. The van der Waals surface area contributed by atoms with Gasteiger partial charge in [0.15, 0.2) is 0 Å². The highest BCUT2D eigenvalue weighted by atomic mass is 32.2. The lowest BCUT2D eigenvalue weighted by atomic mass is 10.2. The largest absolute Gasteiger partial charge is 0.421 e. The van der Waals surface area contributed by atoms with Crippen LogP contribution in [0.1, 0.15) is 23.6 Å². The number of pyridine rings is 1. The van der Waals surface area contributed by atoms with Crippen LogP contribution >= 0.6 is 0 Å². The highest BCUT2D eigenvalue weighted by molar-refractivity contribution is 7.92. The average Bonchev–Trinajstić information content (AvgIpc) is 2.89. The van der Waals surface area contributed by atoms with Gasteiger partial charge in [-0.25, -0.2) is 18.4 Å². The molecule has 0 fully saturated rings. The van der Waals surface area contributed by atoms with Crippen molar-refractivity contribution in [3.8, 4) is 0 Å². The molecule has 3 rings (SSSR count). The van der Waals surface area contributed by atoms with Crippen molar-refractivity contribution >= 4 is 33.3 Å². The van der Waals surface area contributed by atoms with Crippen LogP contribution in [0.2, 0.25) is 0 Å². The first-order chi connectivity index (χ1) is 18.0. The summed E-state index contributed by atoms with van der Waals surface area (Å²) in [5, 5.41) is 26.7. The molecule has 15 heteroatoms. The van der Waals surface area contributed by atoms with Gasteiger partial charge in [0, 0.05) is 36.7 Å². The number of hydrogen-bond donors (Lipinski definition) is 6. The summed E-state index contributed by atoms with van der Waals surface area (Å²) < 4.78 is 67.1. The molecule has 0 bridgehead atoms. The molecule has 0 saturated heterocycles. The maximum Gasteiger partial charge on any atom is 0.421 e. The van der Waals surface area contributed by atoms with Crippen LogP contribution in [0.3, 0.4) is 0 Å². The molecule has 0 amide bonds. The Kier molecular flexibility index (Phi) is 9.79. The third-order valence-electron chi connectivity index (χ3n) is 5.31. The number of benzene rings is 1. The number of nitrogens with zero attached hydrogens (tertiary/aromatic N) is 3. The Hall–Kier alpha value is -3.53. The molecule has 0 radical (unpaired) electrons. The van der Waals surface area contributed by atoms with Crippen molar-refractivity contribution in [3.63, 3.8) is 0 Å². The zero-order valence-corrected chi connectivity index (χ0v) is 21.1. The zero-order chi connectivity index (χ0) is 27.8. The lowest BCUT2D eigenvalue weighted by Crippen LogP contribution is -2.35. The Morgan fingerprint density at radius 3 is 2.34 bits per heavy atom. The van der Waals surface area contributed by atoms with Gasteiger partial charge in [-0.2, -0.15) is 18.2 Å². The van der Waals surface area contributed by atoms with E-state index >= 15 is 0 Å². The summed E-state index contributed by atoms with van der Waals surface area (Å²) in [6.45, 7) is 1.21. The second-order valence-corrected chi connectivity index (χ2v) is 10.1. The van der Waals surface area contributed by atoms with Crippen molar-refractivity contribution in [1.29, 1.82) is 0 Å². The highest BCUT2D eigenvalue weighted by Gasteiger charge is 2.35. The summed E-state index contributed by atoms with van der Waals surface area (Å²) in [4.78, 5) is 11.8. The lowest BCUT2D eigenvalue weighted by Gasteiger charge is -2.16. The summed E-state index contributed by atoms with van der Waals surface area (Å²) in [7, 11) is -3.65. The summed E-state index contributed by atoms with van der Waals surface area (Å²) in [5.41, 5.74) is 0.596. The molecule has 0 aliphatic heterocycles. The van der Waals surface area contributed by atoms with Gasteiger partial charge in [0.25, 0.3) is 0 Å². The number of hydrogen-bond acceptors (Lipinski definition) is 10. The number of aliphatic hydroxyl groups excluding tert-OH is 2. The second-order valence-electron chi connectivity index (χ2n) is 8.09. The SMILES string of the molecule is CCS(=O)(=O)Nc1ncccc1CNc1nc(Nc2ccc(CNC(CO)CO)cc2)ncc1C(F)(F)F. The number of alkyl halides is 3. The number of aromatic nitrogens is 3. The smallest absolute Gasteiger partial charge is 0.395 e. The number of nitrogens with one attached hydrogen (secondary N) is 4. The van der Waals surface area contributed by atoms with Crippen LogP contribution in [-0.4, -0.2) is 58.6 Å². The molecule has 206 valence electrons. The van der Waals surface area contributed by atoms with Crippen molar-refractivity contribution in [3.05, 3.63) is 65.5 Å². The van der Waals surface area contributed by atoms with Gasteiger partial charge in [-0.05, 0) is 30.7 Å². The van der Waals surface area contributed by atoms with Gasteiger partial charge >= 0.3 is 6.18 Å². The standard InChI is InChI=1S/C23H28F3N7O4S/c1-2-38(36,37)33-20-16(4-3-9-27-20)11-29-21-19(23(24,25)26)12-30-22(32-21)31-17-7-5-15(6-8-17)10-28-18(13-34)14-35/h3-9,12,18,28,34-35H,2,10-11,13-14H2,1H3,(H,27,33)(H2,29,30,31,32). The van der Waals surface area contributed by atoms with Crippen LogP contribution in [0.5, 0.6) is 0 Å². The van der Waals surface area contributed by atoms with Crippen LogP contribution in [0.25, 0.3) is 0 Å². The first kappa shape index (κ1) is 29.0. The maximum absolute atomic E-state index is 13.6. The molecule has 2 aromatic heterocycles. The molecule has 0 spiro atoms. The van der Waals surface area contributed by atoms with Gasteiger partial charge in [-0.1, -0.05) is 18.2 Å². The summed E-state index contributed by atoms with van der Waals surface area (Å²) in [6, 6.07) is 9.48. The van der Waals surface area contributed by atoms with Crippen LogP contribution in [0.4, 0.5) is 36.4 Å². The van der Waals surface area contributed by atoms with Crippen molar-refractivity contribution in [2.24, 2.45) is 0 Å². The molecule has 2 heterocycles. The quantitative estimate of drug-likeness (QED) is 0.185. The zero-order valence-electron chi connectivity index (χ0n) is 20.3. The minimum absolute atomic E-state index is 0.00157. The van der Waals surface area contributed by atoms with Gasteiger partial charge < -0.3 is 26.2 Å². The third kappa shape index (κ3) is 8.24. The van der Waals surface area contributed by atoms with Crippen LogP contribution in [0.15, 0.2) is 48.8 Å². The topological polar surface area (TPSA) is 161 Å². The van der Waals surface area contributed by atoms with E-state index in [1.165, 1.54) is 25.3 Å². The molecular weight excluding hydrogens is 527 g/mol. The summed E-state index contributed by atoms with van der Waals surface area (Å²) in [5.74, 6) is -0.784. The number of sulfonamides is 1.